The highest BCUT2D eigenvalue weighted by Gasteiger charge is 2.21. The smallest absolute Gasteiger partial charge is 0.232 e. The van der Waals surface area contributed by atoms with E-state index in [9.17, 15) is 9.90 Å². The van der Waals surface area contributed by atoms with Gasteiger partial charge in [-0.25, -0.2) is 0 Å². The van der Waals surface area contributed by atoms with Crippen LogP contribution in [0.1, 0.15) is 16.1 Å². The molecule has 0 aliphatic heterocycles. The summed E-state index contributed by atoms with van der Waals surface area (Å²) in [7, 11) is 0. The van der Waals surface area contributed by atoms with E-state index in [0.717, 1.165) is 0 Å². The number of hydrogen-bond acceptors (Lipinski definition) is 3. The molecule has 3 aromatic rings. The van der Waals surface area contributed by atoms with E-state index in [-0.39, 0.29) is 17.3 Å². The lowest BCUT2D eigenvalue weighted by atomic mass is 10.1. The van der Waals surface area contributed by atoms with Gasteiger partial charge in [-0.05, 0) is 18.2 Å². The molecule has 1 aromatic heterocycles. The van der Waals surface area contributed by atoms with Crippen LogP contribution in [0.2, 0.25) is 5.02 Å². The predicted molar refractivity (Wildman–Crippen MR) is 72.8 cm³/mol. The summed E-state index contributed by atoms with van der Waals surface area (Å²) in [5.74, 6) is -0.597. The molecular formula is C15H9ClO3. The van der Waals surface area contributed by atoms with Gasteiger partial charge in [0, 0.05) is 10.6 Å². The van der Waals surface area contributed by atoms with Crippen molar-refractivity contribution in [3.8, 4) is 5.75 Å². The summed E-state index contributed by atoms with van der Waals surface area (Å²) in [6.07, 6.45) is 0. The average molecular weight is 273 g/mol. The zero-order valence-electron chi connectivity index (χ0n) is 9.76. The molecule has 19 heavy (non-hydrogen) atoms. The lowest BCUT2D eigenvalue weighted by molar-refractivity contribution is 0.101. The minimum Gasteiger partial charge on any atom is -0.504 e. The first kappa shape index (κ1) is 11.8. The van der Waals surface area contributed by atoms with Crippen molar-refractivity contribution in [2.45, 2.75) is 0 Å². The highest BCUT2D eigenvalue weighted by Crippen LogP contribution is 2.34. The zero-order valence-corrected chi connectivity index (χ0v) is 10.5. The van der Waals surface area contributed by atoms with Gasteiger partial charge in [-0.15, -0.1) is 0 Å². The van der Waals surface area contributed by atoms with Crippen molar-refractivity contribution in [3.05, 3.63) is 64.9 Å². The van der Waals surface area contributed by atoms with E-state index in [2.05, 4.69) is 0 Å². The maximum atomic E-state index is 12.2. The van der Waals surface area contributed by atoms with Gasteiger partial charge < -0.3 is 9.52 Å². The Morgan fingerprint density at radius 2 is 1.84 bits per heavy atom. The standard InChI is InChI=1S/C15H9ClO3/c16-10-6-7-12-11(8-10)14(18)15(19-12)13(17)9-4-2-1-3-5-9/h1-8,18H. The summed E-state index contributed by atoms with van der Waals surface area (Å²) in [6.45, 7) is 0. The lowest BCUT2D eigenvalue weighted by Gasteiger charge is -1.97. The van der Waals surface area contributed by atoms with Crippen molar-refractivity contribution in [3.63, 3.8) is 0 Å². The maximum Gasteiger partial charge on any atom is 0.232 e. The van der Waals surface area contributed by atoms with Crippen LogP contribution in [0.25, 0.3) is 11.0 Å². The summed E-state index contributed by atoms with van der Waals surface area (Å²) < 4.78 is 5.41. The topological polar surface area (TPSA) is 50.4 Å². The van der Waals surface area contributed by atoms with Crippen LogP contribution in [-0.2, 0) is 0 Å². The Kier molecular flexibility index (Phi) is 2.76. The van der Waals surface area contributed by atoms with Gasteiger partial charge in [-0.3, -0.25) is 4.79 Å². The first-order valence-corrected chi connectivity index (χ1v) is 6.05. The van der Waals surface area contributed by atoms with Gasteiger partial charge in [-0.1, -0.05) is 41.9 Å². The predicted octanol–water partition coefficient (Wildman–Crippen LogP) is 4.02. The summed E-state index contributed by atoms with van der Waals surface area (Å²) in [6, 6.07) is 13.5. The quantitative estimate of drug-likeness (QED) is 0.717. The molecular weight excluding hydrogens is 264 g/mol. The SMILES string of the molecule is O=C(c1ccccc1)c1oc2ccc(Cl)cc2c1O. The van der Waals surface area contributed by atoms with Crippen molar-refractivity contribution < 1.29 is 14.3 Å². The van der Waals surface area contributed by atoms with Gasteiger partial charge in [0.25, 0.3) is 0 Å². The fourth-order valence-electron chi connectivity index (χ4n) is 1.93. The van der Waals surface area contributed by atoms with Gasteiger partial charge >= 0.3 is 0 Å². The van der Waals surface area contributed by atoms with Gasteiger partial charge in [0.15, 0.2) is 5.75 Å². The molecule has 3 rings (SSSR count). The average Bonchev–Trinajstić information content (AvgIpc) is 2.76. The minimum atomic E-state index is -0.356. The first-order valence-electron chi connectivity index (χ1n) is 5.67. The van der Waals surface area contributed by atoms with Crippen LogP contribution < -0.4 is 0 Å². The van der Waals surface area contributed by atoms with E-state index in [1.165, 1.54) is 0 Å². The fraction of sp³-hybridized carbons (Fsp3) is 0. The monoisotopic (exact) mass is 272 g/mol. The Morgan fingerprint density at radius 3 is 2.58 bits per heavy atom. The molecule has 1 N–H and O–H groups in total. The van der Waals surface area contributed by atoms with Gasteiger partial charge in [-0.2, -0.15) is 0 Å². The Bertz CT molecular complexity index is 760. The summed E-state index contributed by atoms with van der Waals surface area (Å²) in [5.41, 5.74) is 0.893. The normalized spacial score (nSPS) is 10.8. The third kappa shape index (κ3) is 1.98. The molecule has 2 aromatic carbocycles. The largest absolute Gasteiger partial charge is 0.504 e. The minimum absolute atomic E-state index is 0.0662. The number of ketones is 1. The Labute approximate surface area is 114 Å². The summed E-state index contributed by atoms with van der Waals surface area (Å²) in [4.78, 5) is 12.2. The molecule has 0 aliphatic rings. The maximum absolute atomic E-state index is 12.2. The number of rotatable bonds is 2. The van der Waals surface area contributed by atoms with Crippen LogP contribution in [0, 0.1) is 0 Å². The highest BCUT2D eigenvalue weighted by atomic mass is 35.5. The number of benzene rings is 2. The molecule has 0 bridgehead atoms. The van der Waals surface area contributed by atoms with E-state index in [1.807, 2.05) is 6.07 Å². The van der Waals surface area contributed by atoms with Crippen molar-refractivity contribution in [2.75, 3.05) is 0 Å². The van der Waals surface area contributed by atoms with E-state index in [1.54, 1.807) is 42.5 Å². The molecule has 0 saturated heterocycles. The molecule has 0 saturated carbocycles. The van der Waals surface area contributed by atoms with Crippen LogP contribution >= 0.6 is 11.6 Å². The zero-order chi connectivity index (χ0) is 13.4. The van der Waals surface area contributed by atoms with Crippen molar-refractivity contribution in [1.29, 1.82) is 0 Å². The van der Waals surface area contributed by atoms with E-state index in [0.29, 0.717) is 21.6 Å². The van der Waals surface area contributed by atoms with Crippen LogP contribution in [-0.4, -0.2) is 10.9 Å². The summed E-state index contributed by atoms with van der Waals surface area (Å²) >= 11 is 5.86. The fourth-order valence-corrected chi connectivity index (χ4v) is 2.10. The number of fused-ring (bicyclic) bond motifs is 1. The third-order valence-electron chi connectivity index (χ3n) is 2.87. The van der Waals surface area contributed by atoms with E-state index in [4.69, 9.17) is 16.0 Å². The Balaban J connectivity index is 2.16. The van der Waals surface area contributed by atoms with Crippen LogP contribution in [0.4, 0.5) is 0 Å². The number of furan rings is 1. The van der Waals surface area contributed by atoms with Crippen molar-refractivity contribution in [1.82, 2.24) is 0 Å². The van der Waals surface area contributed by atoms with Crippen molar-refractivity contribution in [2.24, 2.45) is 0 Å². The van der Waals surface area contributed by atoms with E-state index >= 15 is 0 Å². The molecule has 0 amide bonds. The number of carbonyl (C=O) groups excluding carboxylic acids is 1. The molecule has 94 valence electrons. The molecule has 4 heteroatoms. The van der Waals surface area contributed by atoms with Crippen LogP contribution in [0.5, 0.6) is 5.75 Å². The van der Waals surface area contributed by atoms with Crippen LogP contribution in [0.15, 0.2) is 52.9 Å². The second-order valence-corrected chi connectivity index (χ2v) is 4.55. The molecule has 0 unspecified atom stereocenters. The third-order valence-corrected chi connectivity index (χ3v) is 3.10. The molecule has 0 spiro atoms. The second-order valence-electron chi connectivity index (χ2n) is 4.12. The molecule has 1 heterocycles. The Morgan fingerprint density at radius 1 is 1.11 bits per heavy atom. The number of carbonyl (C=O) groups is 1. The number of halogens is 1. The lowest BCUT2D eigenvalue weighted by Crippen LogP contribution is -1.99. The molecule has 0 radical (unpaired) electrons. The first-order chi connectivity index (χ1) is 9.16. The summed E-state index contributed by atoms with van der Waals surface area (Å²) in [5, 5.41) is 11.0. The number of hydrogen-bond donors (Lipinski definition) is 1. The molecule has 0 atom stereocenters. The molecule has 3 nitrogen and oxygen atoms in total. The number of aromatic hydroxyl groups is 1. The van der Waals surface area contributed by atoms with Gasteiger partial charge in [0.1, 0.15) is 5.58 Å². The second kappa shape index (κ2) is 4.44. The Hall–Kier alpha value is -2.26. The van der Waals surface area contributed by atoms with Crippen molar-refractivity contribution >= 4 is 28.4 Å². The van der Waals surface area contributed by atoms with Crippen LogP contribution in [0.3, 0.4) is 0 Å². The molecule has 0 aliphatic carbocycles. The molecule has 0 fully saturated rings. The van der Waals surface area contributed by atoms with E-state index < -0.39 is 0 Å². The highest BCUT2D eigenvalue weighted by molar-refractivity contribution is 6.31. The van der Waals surface area contributed by atoms with Gasteiger partial charge in [0.05, 0.1) is 5.39 Å². The van der Waals surface area contributed by atoms with Gasteiger partial charge in [0.2, 0.25) is 11.5 Å².